The molecule has 98 valence electrons. The lowest BCUT2D eigenvalue weighted by Gasteiger charge is -2.27. The number of hydrogen-bond donors (Lipinski definition) is 1. The summed E-state index contributed by atoms with van der Waals surface area (Å²) in [6.07, 6.45) is 0.984. The number of benzene rings is 1. The van der Waals surface area contributed by atoms with E-state index in [1.807, 2.05) is 11.8 Å². The van der Waals surface area contributed by atoms with E-state index < -0.39 is 0 Å². The van der Waals surface area contributed by atoms with Crippen molar-refractivity contribution in [2.45, 2.75) is 19.4 Å². The lowest BCUT2D eigenvalue weighted by Crippen LogP contribution is -2.41. The van der Waals surface area contributed by atoms with Gasteiger partial charge in [0.2, 0.25) is 0 Å². The van der Waals surface area contributed by atoms with E-state index >= 15 is 0 Å². The zero-order chi connectivity index (χ0) is 13.1. The largest absolute Gasteiger partial charge is 0.335 e. The summed E-state index contributed by atoms with van der Waals surface area (Å²) in [7, 11) is 0. The minimum absolute atomic E-state index is 0.0429. The van der Waals surface area contributed by atoms with E-state index in [2.05, 4.69) is 5.32 Å². The number of nitrogens with zero attached hydrogens (tertiary/aromatic N) is 1. The summed E-state index contributed by atoms with van der Waals surface area (Å²) < 4.78 is 0. The average Bonchev–Trinajstić information content (AvgIpc) is 2.87. The Labute approximate surface area is 117 Å². The Morgan fingerprint density at radius 3 is 2.89 bits per heavy atom. The molecule has 1 fully saturated rings. The lowest BCUT2D eigenvalue weighted by molar-refractivity contribution is 0.0704. The SMILES string of the molecule is CCN(C(=O)c1cccc(Cl)c1Cl)C1CCNC1. The van der Waals surface area contributed by atoms with Gasteiger partial charge in [0.05, 0.1) is 15.6 Å². The summed E-state index contributed by atoms with van der Waals surface area (Å²) in [4.78, 5) is 14.3. The number of likely N-dealkylation sites (N-methyl/N-ethyl adjacent to an activating group) is 1. The molecule has 0 bridgehead atoms. The molecule has 3 nitrogen and oxygen atoms in total. The summed E-state index contributed by atoms with van der Waals surface area (Å²) in [5, 5.41) is 4.03. The monoisotopic (exact) mass is 286 g/mol. The number of carbonyl (C=O) groups excluding carboxylic acids is 1. The summed E-state index contributed by atoms with van der Waals surface area (Å²) in [6, 6.07) is 5.41. The van der Waals surface area contributed by atoms with Gasteiger partial charge in [-0.15, -0.1) is 0 Å². The number of hydrogen-bond acceptors (Lipinski definition) is 2. The van der Waals surface area contributed by atoms with Crippen LogP contribution < -0.4 is 5.32 Å². The molecule has 1 N–H and O–H groups in total. The second-order valence-electron chi connectivity index (χ2n) is 4.34. The van der Waals surface area contributed by atoms with Gasteiger partial charge in [-0.05, 0) is 32.0 Å². The number of amides is 1. The van der Waals surface area contributed by atoms with Gasteiger partial charge >= 0.3 is 0 Å². The molecule has 1 aromatic carbocycles. The molecule has 0 aliphatic carbocycles. The predicted molar refractivity (Wildman–Crippen MR) is 74.4 cm³/mol. The van der Waals surface area contributed by atoms with Gasteiger partial charge in [0.15, 0.2) is 0 Å². The molecule has 1 unspecified atom stereocenters. The van der Waals surface area contributed by atoms with Gasteiger partial charge in [-0.1, -0.05) is 29.3 Å². The molecule has 0 spiro atoms. The maximum Gasteiger partial charge on any atom is 0.255 e. The highest BCUT2D eigenvalue weighted by molar-refractivity contribution is 6.43. The van der Waals surface area contributed by atoms with E-state index in [0.29, 0.717) is 22.2 Å². The third-order valence-corrected chi connectivity index (χ3v) is 4.08. The van der Waals surface area contributed by atoms with Crippen molar-refractivity contribution < 1.29 is 4.79 Å². The summed E-state index contributed by atoms with van der Waals surface area (Å²) in [5.74, 6) is -0.0429. The Balaban J connectivity index is 2.25. The van der Waals surface area contributed by atoms with Crippen LogP contribution in [0.4, 0.5) is 0 Å². The molecule has 1 amide bonds. The Hall–Kier alpha value is -0.770. The summed E-state index contributed by atoms with van der Waals surface area (Å²) in [5.41, 5.74) is 0.484. The van der Waals surface area contributed by atoms with Crippen LogP contribution in [0, 0.1) is 0 Å². The fourth-order valence-electron chi connectivity index (χ4n) is 2.30. The lowest BCUT2D eigenvalue weighted by atomic mass is 10.1. The van der Waals surface area contributed by atoms with Gasteiger partial charge in [-0.3, -0.25) is 4.79 Å². The number of halogens is 2. The fraction of sp³-hybridized carbons (Fsp3) is 0.462. The van der Waals surface area contributed by atoms with Crippen LogP contribution in [-0.2, 0) is 0 Å². The van der Waals surface area contributed by atoms with Crippen molar-refractivity contribution in [2.75, 3.05) is 19.6 Å². The molecule has 1 atom stereocenters. The Morgan fingerprint density at radius 2 is 2.28 bits per heavy atom. The van der Waals surface area contributed by atoms with Crippen molar-refractivity contribution in [2.24, 2.45) is 0 Å². The first-order chi connectivity index (χ1) is 8.65. The molecular formula is C13H16Cl2N2O. The van der Waals surface area contributed by atoms with E-state index in [1.54, 1.807) is 18.2 Å². The number of nitrogens with one attached hydrogen (secondary N) is 1. The van der Waals surface area contributed by atoms with Crippen molar-refractivity contribution in [3.05, 3.63) is 33.8 Å². The Bertz CT molecular complexity index is 445. The zero-order valence-corrected chi connectivity index (χ0v) is 11.8. The third kappa shape index (κ3) is 2.63. The smallest absolute Gasteiger partial charge is 0.255 e. The highest BCUT2D eigenvalue weighted by Gasteiger charge is 2.27. The number of rotatable bonds is 3. The third-order valence-electron chi connectivity index (χ3n) is 3.26. The van der Waals surface area contributed by atoms with Crippen LogP contribution in [-0.4, -0.2) is 36.5 Å². The summed E-state index contributed by atoms with van der Waals surface area (Å²) >= 11 is 12.1. The van der Waals surface area contributed by atoms with E-state index in [0.717, 1.165) is 19.5 Å². The van der Waals surface area contributed by atoms with Crippen LogP contribution in [0.2, 0.25) is 10.0 Å². The van der Waals surface area contributed by atoms with Crippen molar-refractivity contribution in [3.8, 4) is 0 Å². The average molecular weight is 287 g/mol. The molecule has 0 radical (unpaired) electrons. The molecule has 1 aromatic rings. The fourth-order valence-corrected chi connectivity index (χ4v) is 2.68. The van der Waals surface area contributed by atoms with Crippen molar-refractivity contribution >= 4 is 29.1 Å². The van der Waals surface area contributed by atoms with Gasteiger partial charge < -0.3 is 10.2 Å². The molecule has 1 heterocycles. The van der Waals surface area contributed by atoms with Crippen LogP contribution in [0.3, 0.4) is 0 Å². The molecule has 1 aliphatic heterocycles. The van der Waals surface area contributed by atoms with Gasteiger partial charge in [-0.25, -0.2) is 0 Å². The minimum Gasteiger partial charge on any atom is -0.335 e. The van der Waals surface area contributed by atoms with Gasteiger partial charge in [0, 0.05) is 19.1 Å². The molecule has 5 heteroatoms. The van der Waals surface area contributed by atoms with Gasteiger partial charge in [0.1, 0.15) is 0 Å². The van der Waals surface area contributed by atoms with Crippen LogP contribution in [0.25, 0.3) is 0 Å². The van der Waals surface area contributed by atoms with Gasteiger partial charge in [-0.2, -0.15) is 0 Å². The molecule has 1 aliphatic rings. The van der Waals surface area contributed by atoms with Crippen LogP contribution in [0.1, 0.15) is 23.7 Å². The van der Waals surface area contributed by atoms with E-state index in [-0.39, 0.29) is 11.9 Å². The Kier molecular flexibility index (Phi) is 4.49. The first kappa shape index (κ1) is 13.7. The molecule has 0 aromatic heterocycles. The summed E-state index contributed by atoms with van der Waals surface area (Å²) in [6.45, 7) is 4.46. The first-order valence-corrected chi connectivity index (χ1v) is 6.86. The Morgan fingerprint density at radius 1 is 1.50 bits per heavy atom. The highest BCUT2D eigenvalue weighted by atomic mass is 35.5. The molecule has 2 rings (SSSR count). The normalized spacial score (nSPS) is 18.9. The van der Waals surface area contributed by atoms with Crippen molar-refractivity contribution in [3.63, 3.8) is 0 Å². The van der Waals surface area contributed by atoms with Crippen molar-refractivity contribution in [1.29, 1.82) is 0 Å². The first-order valence-electron chi connectivity index (χ1n) is 6.10. The quantitative estimate of drug-likeness (QED) is 0.927. The second kappa shape index (κ2) is 5.91. The maximum atomic E-state index is 12.5. The molecule has 18 heavy (non-hydrogen) atoms. The second-order valence-corrected chi connectivity index (χ2v) is 5.12. The van der Waals surface area contributed by atoms with Crippen LogP contribution in [0.15, 0.2) is 18.2 Å². The molecular weight excluding hydrogens is 271 g/mol. The van der Waals surface area contributed by atoms with E-state index in [1.165, 1.54) is 0 Å². The topological polar surface area (TPSA) is 32.3 Å². The minimum atomic E-state index is -0.0429. The van der Waals surface area contributed by atoms with Crippen LogP contribution >= 0.6 is 23.2 Å². The highest BCUT2D eigenvalue weighted by Crippen LogP contribution is 2.27. The molecule has 0 saturated carbocycles. The van der Waals surface area contributed by atoms with Crippen molar-refractivity contribution in [1.82, 2.24) is 10.2 Å². The van der Waals surface area contributed by atoms with Crippen LogP contribution in [0.5, 0.6) is 0 Å². The van der Waals surface area contributed by atoms with E-state index in [4.69, 9.17) is 23.2 Å². The molecule has 1 saturated heterocycles. The maximum absolute atomic E-state index is 12.5. The van der Waals surface area contributed by atoms with Gasteiger partial charge in [0.25, 0.3) is 5.91 Å². The predicted octanol–water partition coefficient (Wildman–Crippen LogP) is 2.82. The van der Waals surface area contributed by atoms with E-state index in [9.17, 15) is 4.79 Å². The number of carbonyl (C=O) groups is 1. The zero-order valence-electron chi connectivity index (χ0n) is 10.2. The standard InChI is InChI=1S/C13H16Cl2N2O/c1-2-17(9-6-7-16-8-9)13(18)10-4-3-5-11(14)12(10)15/h3-5,9,16H,2,6-8H2,1H3.